The van der Waals surface area contributed by atoms with Crippen molar-refractivity contribution in [3.8, 4) is 0 Å². The van der Waals surface area contributed by atoms with E-state index in [1.807, 2.05) is 27.7 Å². The first-order valence-corrected chi connectivity index (χ1v) is 9.41. The Hall–Kier alpha value is -0.0500. The summed E-state index contributed by atoms with van der Waals surface area (Å²) < 4.78 is 33.3. The van der Waals surface area contributed by atoms with E-state index in [9.17, 15) is 19.7 Å². The molecule has 0 aromatic heterocycles. The summed E-state index contributed by atoms with van der Waals surface area (Å²) in [5.41, 5.74) is 0. The lowest BCUT2D eigenvalue weighted by atomic mass is 10.00. The van der Waals surface area contributed by atoms with Gasteiger partial charge in [-0.3, -0.25) is 9.05 Å². The van der Waals surface area contributed by atoms with Crippen LogP contribution in [-0.4, -0.2) is 64.9 Å². The van der Waals surface area contributed by atoms with Crippen LogP contribution in [0.5, 0.6) is 0 Å². The molecule has 23 heavy (non-hydrogen) atoms. The number of hydrogen-bond acceptors (Lipinski definition) is 7. The predicted octanol–water partition coefficient (Wildman–Crippen LogP) is 0.689. The first-order valence-electron chi connectivity index (χ1n) is 7.92. The standard InChI is InChI=1S/C14H27O8P/c1-7-9(3)21-12(13(7)16)6-19-23(17,18)22-14-8(2)10(4)20-11(14)5-15/h7-16H,5-6H2,1-4H3,(H,17,18)/t7-,8-,9-,10-,11+,12+,13-,14-/m0/s1. The van der Waals surface area contributed by atoms with Gasteiger partial charge in [-0.05, 0) is 13.8 Å². The highest BCUT2D eigenvalue weighted by atomic mass is 31.2. The Balaban J connectivity index is 1.91. The smallest absolute Gasteiger partial charge is 0.394 e. The summed E-state index contributed by atoms with van der Waals surface area (Å²) in [6, 6.07) is 0. The summed E-state index contributed by atoms with van der Waals surface area (Å²) in [6.07, 6.45) is -3.19. The molecule has 0 spiro atoms. The Labute approximate surface area is 136 Å². The molecule has 0 aromatic carbocycles. The fraction of sp³-hybridized carbons (Fsp3) is 1.00. The summed E-state index contributed by atoms with van der Waals surface area (Å²) in [5, 5.41) is 19.3. The van der Waals surface area contributed by atoms with Gasteiger partial charge in [0, 0.05) is 11.8 Å². The second kappa shape index (κ2) is 7.45. The minimum atomic E-state index is -4.36. The van der Waals surface area contributed by atoms with E-state index in [2.05, 4.69) is 0 Å². The highest BCUT2D eigenvalue weighted by molar-refractivity contribution is 7.47. The van der Waals surface area contributed by atoms with Crippen LogP contribution in [0.15, 0.2) is 0 Å². The molecule has 1 unspecified atom stereocenters. The van der Waals surface area contributed by atoms with Crippen LogP contribution in [0, 0.1) is 11.8 Å². The fourth-order valence-electron chi connectivity index (χ4n) is 2.98. The number of aliphatic hydroxyl groups is 2. The van der Waals surface area contributed by atoms with Crippen LogP contribution < -0.4 is 0 Å². The topological polar surface area (TPSA) is 115 Å². The van der Waals surface area contributed by atoms with Crippen molar-refractivity contribution in [2.45, 2.75) is 64.3 Å². The quantitative estimate of drug-likeness (QED) is 0.597. The van der Waals surface area contributed by atoms with Crippen LogP contribution in [0.4, 0.5) is 0 Å². The maximum atomic E-state index is 12.1. The fourth-order valence-corrected chi connectivity index (χ4v) is 4.01. The number of hydrogen-bond donors (Lipinski definition) is 3. The Morgan fingerprint density at radius 1 is 1.04 bits per heavy atom. The molecule has 9 heteroatoms. The third-order valence-corrected chi connectivity index (χ3v) is 5.89. The number of ether oxygens (including phenoxy) is 2. The SMILES string of the molecule is C[C@@H]1[C@H](O)[C@@H](COP(=O)(O)O[C@H]2[C@@H](C)[C@H](C)O[C@@H]2CO)O[C@H]1C. The molecule has 0 amide bonds. The van der Waals surface area contributed by atoms with Gasteiger partial charge in [-0.15, -0.1) is 0 Å². The molecule has 0 saturated carbocycles. The van der Waals surface area contributed by atoms with Crippen molar-refractivity contribution in [1.29, 1.82) is 0 Å². The van der Waals surface area contributed by atoms with Gasteiger partial charge < -0.3 is 24.6 Å². The third-order valence-electron chi connectivity index (χ3n) is 4.90. The van der Waals surface area contributed by atoms with Gasteiger partial charge in [0.15, 0.2) is 0 Å². The van der Waals surface area contributed by atoms with Gasteiger partial charge in [0.05, 0.1) is 31.5 Å². The maximum Gasteiger partial charge on any atom is 0.472 e. The Morgan fingerprint density at radius 3 is 2.13 bits per heavy atom. The highest BCUT2D eigenvalue weighted by Gasteiger charge is 2.45. The van der Waals surface area contributed by atoms with E-state index in [1.54, 1.807) is 0 Å². The van der Waals surface area contributed by atoms with Gasteiger partial charge in [-0.2, -0.15) is 0 Å². The van der Waals surface area contributed by atoms with E-state index in [4.69, 9.17) is 18.5 Å². The zero-order chi connectivity index (χ0) is 17.4. The largest absolute Gasteiger partial charge is 0.472 e. The molecule has 2 heterocycles. The minimum absolute atomic E-state index is 0.0783. The summed E-state index contributed by atoms with van der Waals surface area (Å²) in [7, 11) is -4.36. The van der Waals surface area contributed by atoms with E-state index in [0.717, 1.165) is 0 Å². The van der Waals surface area contributed by atoms with Gasteiger partial charge in [-0.1, -0.05) is 13.8 Å². The first kappa shape index (κ1) is 19.3. The number of rotatable bonds is 6. The van der Waals surface area contributed by atoms with Crippen molar-refractivity contribution in [2.75, 3.05) is 13.2 Å². The maximum absolute atomic E-state index is 12.1. The van der Waals surface area contributed by atoms with Crippen molar-refractivity contribution < 1.29 is 38.2 Å². The molecule has 2 aliphatic heterocycles. The highest BCUT2D eigenvalue weighted by Crippen LogP contribution is 2.49. The second-order valence-electron chi connectivity index (χ2n) is 6.49. The van der Waals surface area contributed by atoms with Crippen molar-refractivity contribution >= 4 is 7.82 Å². The number of phosphoric ester groups is 1. The van der Waals surface area contributed by atoms with Gasteiger partial charge in [0.1, 0.15) is 18.3 Å². The summed E-state index contributed by atoms with van der Waals surface area (Å²) in [4.78, 5) is 9.91. The Morgan fingerprint density at radius 2 is 1.61 bits per heavy atom. The van der Waals surface area contributed by atoms with Gasteiger partial charge >= 0.3 is 7.82 Å². The molecule has 0 aliphatic carbocycles. The second-order valence-corrected chi connectivity index (χ2v) is 7.89. The molecular weight excluding hydrogens is 327 g/mol. The molecule has 2 aliphatic rings. The summed E-state index contributed by atoms with van der Waals surface area (Å²) in [6.45, 7) is 6.75. The van der Waals surface area contributed by atoms with E-state index >= 15 is 0 Å². The van der Waals surface area contributed by atoms with Crippen LogP contribution in [-0.2, 0) is 23.1 Å². The normalized spacial score (nSPS) is 46.9. The first-order chi connectivity index (χ1) is 10.7. The zero-order valence-electron chi connectivity index (χ0n) is 13.9. The van der Waals surface area contributed by atoms with E-state index in [1.165, 1.54) is 0 Å². The molecule has 136 valence electrons. The lowest BCUT2D eigenvalue weighted by Crippen LogP contribution is -2.32. The van der Waals surface area contributed by atoms with E-state index in [0.29, 0.717) is 0 Å². The van der Waals surface area contributed by atoms with Crippen molar-refractivity contribution in [3.63, 3.8) is 0 Å². The van der Waals surface area contributed by atoms with Gasteiger partial charge in [-0.25, -0.2) is 4.57 Å². The number of aliphatic hydroxyl groups excluding tert-OH is 2. The molecule has 2 fully saturated rings. The van der Waals surface area contributed by atoms with E-state index in [-0.39, 0.29) is 37.3 Å². The number of phosphoric acid groups is 1. The minimum Gasteiger partial charge on any atom is -0.394 e. The third kappa shape index (κ3) is 4.32. The Kier molecular flexibility index (Phi) is 6.25. The van der Waals surface area contributed by atoms with Crippen LogP contribution in [0.2, 0.25) is 0 Å². The van der Waals surface area contributed by atoms with E-state index < -0.39 is 32.2 Å². The van der Waals surface area contributed by atoms with Gasteiger partial charge in [0.25, 0.3) is 0 Å². The molecule has 0 bridgehead atoms. The van der Waals surface area contributed by atoms with Crippen molar-refractivity contribution in [1.82, 2.24) is 0 Å². The summed E-state index contributed by atoms with van der Waals surface area (Å²) in [5.74, 6) is -0.241. The molecule has 9 atom stereocenters. The average molecular weight is 354 g/mol. The zero-order valence-corrected chi connectivity index (χ0v) is 14.8. The molecule has 3 N–H and O–H groups in total. The van der Waals surface area contributed by atoms with Gasteiger partial charge in [0.2, 0.25) is 0 Å². The average Bonchev–Trinajstić information content (AvgIpc) is 2.89. The summed E-state index contributed by atoms with van der Waals surface area (Å²) >= 11 is 0. The van der Waals surface area contributed by atoms with Crippen LogP contribution >= 0.6 is 7.82 Å². The predicted molar refractivity (Wildman–Crippen MR) is 80.7 cm³/mol. The van der Waals surface area contributed by atoms with Crippen LogP contribution in [0.3, 0.4) is 0 Å². The Bertz CT molecular complexity index is 446. The molecular formula is C14H27O8P. The van der Waals surface area contributed by atoms with Crippen molar-refractivity contribution in [3.05, 3.63) is 0 Å². The molecule has 0 radical (unpaired) electrons. The molecule has 2 rings (SSSR count). The molecule has 8 nitrogen and oxygen atoms in total. The molecule has 2 saturated heterocycles. The lowest BCUT2D eigenvalue weighted by molar-refractivity contribution is -0.0353. The van der Waals surface area contributed by atoms with Crippen molar-refractivity contribution in [2.24, 2.45) is 11.8 Å². The monoisotopic (exact) mass is 354 g/mol. The lowest BCUT2D eigenvalue weighted by Gasteiger charge is -2.24. The van der Waals surface area contributed by atoms with Crippen LogP contribution in [0.25, 0.3) is 0 Å². The van der Waals surface area contributed by atoms with Crippen LogP contribution in [0.1, 0.15) is 27.7 Å². The molecule has 0 aromatic rings.